The molecule has 0 unspecified atom stereocenters. The molecule has 0 aromatic heterocycles. The first-order valence-corrected chi connectivity index (χ1v) is 9.56. The number of hydrogen-bond donors (Lipinski definition) is 2. The molecule has 2 N–H and O–H groups in total. The predicted octanol–water partition coefficient (Wildman–Crippen LogP) is -0.0810. The highest BCUT2D eigenvalue weighted by Gasteiger charge is 2.29. The minimum atomic E-state index is 0.0653. The van der Waals surface area contributed by atoms with Gasteiger partial charge < -0.3 is 20.3 Å². The van der Waals surface area contributed by atoms with E-state index in [2.05, 4.69) is 20.4 Å². The van der Waals surface area contributed by atoms with Crippen LogP contribution < -0.4 is 10.6 Å². The fraction of sp³-hybridized carbons (Fsp3) is 0.889. The summed E-state index contributed by atoms with van der Waals surface area (Å²) in [5, 5.41) is 6.06. The summed E-state index contributed by atoms with van der Waals surface area (Å²) in [7, 11) is 3.99. The summed E-state index contributed by atoms with van der Waals surface area (Å²) in [6.45, 7) is 6.60. The van der Waals surface area contributed by atoms with Gasteiger partial charge in [0.1, 0.15) is 0 Å². The Hall–Kier alpha value is -1.18. The van der Waals surface area contributed by atoms with E-state index in [1.807, 2.05) is 14.1 Å². The molecule has 0 aromatic carbocycles. The molecule has 0 radical (unpaired) electrons. The molecular formula is C18H34N4O3. The summed E-state index contributed by atoms with van der Waals surface area (Å²) in [6.07, 6.45) is 3.26. The quantitative estimate of drug-likeness (QED) is 0.638. The van der Waals surface area contributed by atoms with E-state index >= 15 is 0 Å². The van der Waals surface area contributed by atoms with Crippen molar-refractivity contribution in [3.63, 3.8) is 0 Å². The topological polar surface area (TPSA) is 73.9 Å². The smallest absolute Gasteiger partial charge is 0.223 e. The summed E-state index contributed by atoms with van der Waals surface area (Å²) in [6, 6.07) is 0. The van der Waals surface area contributed by atoms with E-state index in [-0.39, 0.29) is 23.7 Å². The summed E-state index contributed by atoms with van der Waals surface area (Å²) >= 11 is 0. The Labute approximate surface area is 151 Å². The number of nitrogens with zero attached hydrogens (tertiary/aromatic N) is 2. The monoisotopic (exact) mass is 354 g/mol. The van der Waals surface area contributed by atoms with Crippen molar-refractivity contribution in [1.29, 1.82) is 0 Å². The van der Waals surface area contributed by atoms with E-state index in [4.69, 9.17) is 4.74 Å². The van der Waals surface area contributed by atoms with Crippen LogP contribution >= 0.6 is 0 Å². The summed E-state index contributed by atoms with van der Waals surface area (Å²) in [5.41, 5.74) is 0. The highest BCUT2D eigenvalue weighted by atomic mass is 16.5. The SMILES string of the molecule is CN(C)CCNC(=O)C1CCC(C(=O)NCCN2CCOCC2)CC1. The third kappa shape index (κ3) is 7.30. The molecule has 2 fully saturated rings. The molecule has 1 saturated heterocycles. The zero-order valence-corrected chi connectivity index (χ0v) is 15.8. The van der Waals surface area contributed by atoms with Crippen LogP contribution in [0.3, 0.4) is 0 Å². The van der Waals surface area contributed by atoms with Crippen molar-refractivity contribution in [3.05, 3.63) is 0 Å². The van der Waals surface area contributed by atoms with Gasteiger partial charge in [0.05, 0.1) is 13.2 Å². The molecule has 1 aliphatic heterocycles. The molecular weight excluding hydrogens is 320 g/mol. The fourth-order valence-corrected chi connectivity index (χ4v) is 3.47. The average Bonchev–Trinajstić information content (AvgIpc) is 2.62. The van der Waals surface area contributed by atoms with Crippen molar-refractivity contribution in [2.45, 2.75) is 25.7 Å². The number of carbonyl (C=O) groups excluding carboxylic acids is 2. The molecule has 1 saturated carbocycles. The zero-order chi connectivity index (χ0) is 18.1. The molecule has 144 valence electrons. The number of carbonyl (C=O) groups is 2. The molecule has 2 aliphatic rings. The number of morpholine rings is 1. The first kappa shape index (κ1) is 20.1. The Kier molecular flexibility index (Phi) is 8.64. The van der Waals surface area contributed by atoms with Crippen LogP contribution in [0.1, 0.15) is 25.7 Å². The van der Waals surface area contributed by atoms with Crippen LogP contribution in [-0.4, -0.2) is 88.2 Å². The maximum Gasteiger partial charge on any atom is 0.223 e. The minimum Gasteiger partial charge on any atom is -0.379 e. The lowest BCUT2D eigenvalue weighted by molar-refractivity contribution is -0.130. The molecule has 25 heavy (non-hydrogen) atoms. The molecule has 7 nitrogen and oxygen atoms in total. The second-order valence-electron chi connectivity index (χ2n) is 7.39. The highest BCUT2D eigenvalue weighted by Crippen LogP contribution is 2.29. The van der Waals surface area contributed by atoms with Gasteiger partial charge in [0, 0.05) is 51.1 Å². The van der Waals surface area contributed by atoms with Crippen LogP contribution in [0.5, 0.6) is 0 Å². The van der Waals surface area contributed by atoms with Crippen LogP contribution in [0.15, 0.2) is 0 Å². The maximum atomic E-state index is 12.3. The second kappa shape index (κ2) is 10.7. The first-order valence-electron chi connectivity index (χ1n) is 9.56. The van der Waals surface area contributed by atoms with E-state index in [1.165, 1.54) is 0 Å². The lowest BCUT2D eigenvalue weighted by atomic mass is 9.81. The average molecular weight is 354 g/mol. The number of amides is 2. The molecule has 0 atom stereocenters. The van der Waals surface area contributed by atoms with Gasteiger partial charge in [-0.25, -0.2) is 0 Å². The molecule has 1 heterocycles. The lowest BCUT2D eigenvalue weighted by Gasteiger charge is -2.28. The molecule has 0 aromatic rings. The van der Waals surface area contributed by atoms with E-state index in [0.717, 1.165) is 65.1 Å². The van der Waals surface area contributed by atoms with Gasteiger partial charge in [-0.15, -0.1) is 0 Å². The second-order valence-corrected chi connectivity index (χ2v) is 7.39. The van der Waals surface area contributed by atoms with E-state index < -0.39 is 0 Å². The molecule has 2 amide bonds. The van der Waals surface area contributed by atoms with Gasteiger partial charge in [0.15, 0.2) is 0 Å². The predicted molar refractivity (Wildman–Crippen MR) is 97.3 cm³/mol. The van der Waals surface area contributed by atoms with Crippen molar-refractivity contribution in [2.75, 3.05) is 66.6 Å². The minimum absolute atomic E-state index is 0.0653. The Morgan fingerprint density at radius 3 is 2.00 bits per heavy atom. The van der Waals surface area contributed by atoms with Crippen LogP contribution in [0.4, 0.5) is 0 Å². The fourth-order valence-electron chi connectivity index (χ4n) is 3.47. The van der Waals surface area contributed by atoms with E-state index in [1.54, 1.807) is 0 Å². The van der Waals surface area contributed by atoms with Crippen LogP contribution in [0.25, 0.3) is 0 Å². The molecule has 2 rings (SSSR count). The number of likely N-dealkylation sites (N-methyl/N-ethyl adjacent to an activating group) is 1. The zero-order valence-electron chi connectivity index (χ0n) is 15.8. The van der Waals surface area contributed by atoms with Crippen molar-refractivity contribution in [3.8, 4) is 0 Å². The first-order chi connectivity index (χ1) is 12.1. The van der Waals surface area contributed by atoms with E-state index in [9.17, 15) is 9.59 Å². The van der Waals surface area contributed by atoms with E-state index in [0.29, 0.717) is 13.1 Å². The van der Waals surface area contributed by atoms with Crippen LogP contribution in [-0.2, 0) is 14.3 Å². The van der Waals surface area contributed by atoms with Crippen LogP contribution in [0.2, 0.25) is 0 Å². The highest BCUT2D eigenvalue weighted by molar-refractivity contribution is 5.81. The van der Waals surface area contributed by atoms with Gasteiger partial charge in [-0.2, -0.15) is 0 Å². The Morgan fingerprint density at radius 2 is 1.48 bits per heavy atom. The van der Waals surface area contributed by atoms with Gasteiger partial charge in [-0.05, 0) is 39.8 Å². The Morgan fingerprint density at radius 1 is 0.960 bits per heavy atom. The summed E-state index contributed by atoms with van der Waals surface area (Å²) in [4.78, 5) is 28.8. The van der Waals surface area contributed by atoms with Crippen molar-refractivity contribution in [1.82, 2.24) is 20.4 Å². The molecule has 0 spiro atoms. The number of nitrogens with one attached hydrogen (secondary N) is 2. The van der Waals surface area contributed by atoms with Gasteiger partial charge in [-0.1, -0.05) is 0 Å². The maximum absolute atomic E-state index is 12.3. The third-order valence-corrected chi connectivity index (χ3v) is 5.16. The van der Waals surface area contributed by atoms with Gasteiger partial charge in [-0.3, -0.25) is 14.5 Å². The van der Waals surface area contributed by atoms with Crippen molar-refractivity contribution in [2.24, 2.45) is 11.8 Å². The molecule has 7 heteroatoms. The largest absolute Gasteiger partial charge is 0.379 e. The molecule has 0 bridgehead atoms. The van der Waals surface area contributed by atoms with Gasteiger partial charge >= 0.3 is 0 Å². The van der Waals surface area contributed by atoms with Crippen molar-refractivity contribution >= 4 is 11.8 Å². The Balaban J connectivity index is 1.58. The third-order valence-electron chi connectivity index (χ3n) is 5.16. The van der Waals surface area contributed by atoms with Gasteiger partial charge in [0.25, 0.3) is 0 Å². The lowest BCUT2D eigenvalue weighted by Crippen LogP contribution is -2.43. The molecule has 1 aliphatic carbocycles. The Bertz CT molecular complexity index is 417. The summed E-state index contributed by atoms with van der Waals surface area (Å²) in [5.74, 6) is 0.433. The number of hydrogen-bond acceptors (Lipinski definition) is 5. The van der Waals surface area contributed by atoms with Crippen LogP contribution in [0, 0.1) is 11.8 Å². The standard InChI is InChI=1S/C18H34N4O3/c1-21(2)9-7-19-17(23)15-3-5-16(6-4-15)18(24)20-8-10-22-11-13-25-14-12-22/h15-16H,3-14H2,1-2H3,(H,19,23)(H,20,24). The number of rotatable bonds is 8. The normalized spacial score (nSPS) is 24.9. The summed E-state index contributed by atoms with van der Waals surface area (Å²) < 4.78 is 5.32. The number of ether oxygens (including phenoxy) is 1. The van der Waals surface area contributed by atoms with Gasteiger partial charge in [0.2, 0.25) is 11.8 Å². The van der Waals surface area contributed by atoms with Crippen molar-refractivity contribution < 1.29 is 14.3 Å².